The maximum absolute atomic E-state index is 15.5. The number of nitrogens with zero attached hydrogens (tertiary/aromatic N) is 2. The molecule has 2 aliphatic heterocycles. The van der Waals surface area contributed by atoms with Gasteiger partial charge in [-0.3, -0.25) is 9.59 Å². The SMILES string of the molecule is CCCCCCCCCCCCC(CCCCCCCCCC)CN1C(=O)C(c2ccc(C)o2)=c2cc3c(cc21)=C(c1ccc(-c2ccc(C)s2)o1)C(=O)N3CC(CCCCCCCCCC)CCCCCCCCCCCC. The van der Waals surface area contributed by atoms with Crippen molar-refractivity contribution in [3.05, 3.63) is 81.1 Å². The quantitative estimate of drug-likeness (QED) is 0.0414. The zero-order chi connectivity index (χ0) is 55.9. The third-order valence-corrected chi connectivity index (χ3v) is 18.7. The largest absolute Gasteiger partial charge is 0.461 e. The van der Waals surface area contributed by atoms with E-state index >= 15 is 9.59 Å². The number of unbranched alkanes of at least 4 members (excludes halogenated alkanes) is 32. The Balaban J connectivity index is 1.30. The topological polar surface area (TPSA) is 66.9 Å². The summed E-state index contributed by atoms with van der Waals surface area (Å²) in [5.74, 6) is 3.64. The first-order valence-corrected chi connectivity index (χ1v) is 34.4. The van der Waals surface area contributed by atoms with Gasteiger partial charge in [-0.25, -0.2) is 0 Å². The van der Waals surface area contributed by atoms with Gasteiger partial charge in [0.15, 0.2) is 0 Å². The minimum atomic E-state index is 0.0210. The molecule has 6 nitrogen and oxygen atoms in total. The maximum atomic E-state index is 15.5. The van der Waals surface area contributed by atoms with Crippen molar-refractivity contribution in [3.63, 3.8) is 0 Å². The van der Waals surface area contributed by atoms with Gasteiger partial charge in [0.25, 0.3) is 11.8 Å². The Kier molecular flexibility index (Phi) is 30.4. The Hall–Kier alpha value is -3.84. The van der Waals surface area contributed by atoms with Crippen LogP contribution in [0.3, 0.4) is 0 Å². The van der Waals surface area contributed by atoms with Crippen LogP contribution in [0.2, 0.25) is 0 Å². The highest BCUT2D eigenvalue weighted by atomic mass is 32.1. The predicted molar refractivity (Wildman–Crippen MR) is 340 cm³/mol. The fraction of sp³-hybridized carbons (Fsp3) is 0.694. The van der Waals surface area contributed by atoms with Crippen LogP contribution in [0.25, 0.3) is 21.8 Å². The van der Waals surface area contributed by atoms with E-state index in [0.29, 0.717) is 47.6 Å². The highest BCUT2D eigenvalue weighted by Gasteiger charge is 2.39. The Bertz CT molecular complexity index is 2450. The number of fused-ring (bicyclic) bond motifs is 2. The molecule has 0 bridgehead atoms. The number of furan rings is 2. The van der Waals surface area contributed by atoms with Gasteiger partial charge in [0, 0.05) is 28.4 Å². The van der Waals surface area contributed by atoms with E-state index in [1.807, 2.05) is 31.2 Å². The normalized spacial score (nSPS) is 14.2. The molecular weight excluding hydrogens is 989 g/mol. The Morgan fingerprint density at radius 1 is 0.380 bits per heavy atom. The van der Waals surface area contributed by atoms with Gasteiger partial charge in [-0.2, -0.15) is 0 Å². The average molecular weight is 1100 g/mol. The molecule has 4 aromatic rings. The number of amides is 2. The fourth-order valence-corrected chi connectivity index (χ4v) is 13.7. The number of anilines is 2. The molecule has 0 spiro atoms. The minimum absolute atomic E-state index is 0.0210. The van der Waals surface area contributed by atoms with E-state index in [1.165, 1.54) is 236 Å². The van der Waals surface area contributed by atoms with Crippen LogP contribution in [-0.2, 0) is 9.59 Å². The minimum Gasteiger partial charge on any atom is -0.461 e. The predicted octanol–water partition coefficient (Wildman–Crippen LogP) is 21.2. The molecule has 0 saturated heterocycles. The lowest BCUT2D eigenvalue weighted by molar-refractivity contribution is -0.114. The van der Waals surface area contributed by atoms with E-state index in [4.69, 9.17) is 8.83 Å². The van der Waals surface area contributed by atoms with Crippen molar-refractivity contribution in [1.29, 1.82) is 0 Å². The summed E-state index contributed by atoms with van der Waals surface area (Å²) < 4.78 is 13.1. The molecule has 79 heavy (non-hydrogen) atoms. The first-order chi connectivity index (χ1) is 38.8. The molecule has 1 aromatic carbocycles. The van der Waals surface area contributed by atoms with Crippen LogP contribution < -0.4 is 20.2 Å². The smallest absolute Gasteiger partial charge is 0.262 e. The number of hydrogen-bond donors (Lipinski definition) is 0. The lowest BCUT2D eigenvalue weighted by Gasteiger charge is -2.27. The number of thiophene rings is 1. The van der Waals surface area contributed by atoms with Crippen LogP contribution >= 0.6 is 11.3 Å². The Morgan fingerprint density at radius 2 is 0.696 bits per heavy atom. The molecule has 2 unspecified atom stereocenters. The molecule has 7 heteroatoms. The third-order valence-electron chi connectivity index (χ3n) is 17.7. The summed E-state index contributed by atoms with van der Waals surface area (Å²) >= 11 is 1.72. The van der Waals surface area contributed by atoms with E-state index in [-0.39, 0.29) is 11.8 Å². The van der Waals surface area contributed by atoms with Gasteiger partial charge in [-0.05, 0) is 99.9 Å². The highest BCUT2D eigenvalue weighted by Crippen LogP contribution is 2.37. The number of carbonyl (C=O) groups excluding carboxylic acids is 2. The second-order valence-electron chi connectivity index (χ2n) is 24.7. The summed E-state index contributed by atoms with van der Waals surface area (Å²) in [6.45, 7) is 14.6. The summed E-state index contributed by atoms with van der Waals surface area (Å²) in [4.78, 5) is 37.4. The summed E-state index contributed by atoms with van der Waals surface area (Å²) in [5, 5.41) is 1.78. The van der Waals surface area contributed by atoms with Gasteiger partial charge in [0.2, 0.25) is 0 Å². The molecule has 0 fully saturated rings. The summed E-state index contributed by atoms with van der Waals surface area (Å²) in [6, 6.07) is 16.7. The number of carbonyl (C=O) groups is 2. The number of rotatable bonds is 47. The number of hydrogen-bond acceptors (Lipinski definition) is 5. The van der Waals surface area contributed by atoms with E-state index in [2.05, 4.69) is 68.7 Å². The van der Waals surface area contributed by atoms with Crippen LogP contribution in [0.1, 0.15) is 307 Å². The van der Waals surface area contributed by atoms with Crippen molar-refractivity contribution in [2.45, 2.75) is 298 Å². The molecule has 6 rings (SSSR count). The first-order valence-electron chi connectivity index (χ1n) is 33.6. The molecular formula is C72H112N2O4S. The van der Waals surface area contributed by atoms with Gasteiger partial charge in [-0.1, -0.05) is 259 Å². The van der Waals surface area contributed by atoms with Crippen molar-refractivity contribution in [2.24, 2.45) is 11.8 Å². The van der Waals surface area contributed by atoms with Crippen LogP contribution in [0.15, 0.2) is 57.4 Å². The van der Waals surface area contributed by atoms with Crippen molar-refractivity contribution >= 4 is 45.7 Å². The van der Waals surface area contributed by atoms with E-state index in [0.717, 1.165) is 63.9 Å². The van der Waals surface area contributed by atoms with Gasteiger partial charge >= 0.3 is 0 Å². The van der Waals surface area contributed by atoms with Crippen LogP contribution in [0.5, 0.6) is 0 Å². The van der Waals surface area contributed by atoms with Gasteiger partial charge in [-0.15, -0.1) is 11.3 Å². The zero-order valence-electron chi connectivity index (χ0n) is 51.4. The third kappa shape index (κ3) is 21.1. The average Bonchev–Trinajstić information content (AvgIpc) is 4.49. The Morgan fingerprint density at radius 3 is 1.01 bits per heavy atom. The van der Waals surface area contributed by atoms with E-state index < -0.39 is 0 Å². The number of benzene rings is 1. The molecule has 2 amide bonds. The van der Waals surface area contributed by atoms with Gasteiger partial charge < -0.3 is 18.6 Å². The van der Waals surface area contributed by atoms with Crippen molar-refractivity contribution < 1.29 is 18.4 Å². The van der Waals surface area contributed by atoms with Crippen LogP contribution in [0.4, 0.5) is 11.4 Å². The van der Waals surface area contributed by atoms with E-state index in [1.54, 1.807) is 11.3 Å². The second-order valence-corrected chi connectivity index (χ2v) is 25.9. The highest BCUT2D eigenvalue weighted by molar-refractivity contribution is 7.15. The molecule has 0 aliphatic carbocycles. The van der Waals surface area contributed by atoms with Crippen molar-refractivity contribution in [1.82, 2.24) is 0 Å². The van der Waals surface area contributed by atoms with Crippen LogP contribution in [0, 0.1) is 25.7 Å². The molecule has 2 aliphatic rings. The monoisotopic (exact) mass is 1100 g/mol. The fourth-order valence-electron chi connectivity index (χ4n) is 12.9. The lowest BCUT2D eigenvalue weighted by atomic mass is 9.93. The molecule has 3 aromatic heterocycles. The Labute approximate surface area is 486 Å². The first kappa shape index (κ1) is 64.3. The molecule has 0 saturated carbocycles. The van der Waals surface area contributed by atoms with E-state index in [9.17, 15) is 0 Å². The lowest BCUT2D eigenvalue weighted by Crippen LogP contribution is -2.35. The van der Waals surface area contributed by atoms with Crippen LogP contribution in [-0.4, -0.2) is 24.9 Å². The molecule has 0 N–H and O–H groups in total. The molecule has 0 radical (unpaired) electrons. The summed E-state index contributed by atoms with van der Waals surface area (Å²) in [6.07, 6.45) is 51.8. The number of aryl methyl sites for hydroxylation is 2. The summed E-state index contributed by atoms with van der Waals surface area (Å²) in [7, 11) is 0. The van der Waals surface area contributed by atoms with Gasteiger partial charge in [0.1, 0.15) is 23.0 Å². The molecule has 440 valence electrons. The summed E-state index contributed by atoms with van der Waals surface area (Å²) in [5.41, 5.74) is 3.07. The van der Waals surface area contributed by atoms with Crippen molar-refractivity contribution in [3.8, 4) is 10.6 Å². The second kappa shape index (κ2) is 37.3. The maximum Gasteiger partial charge on any atom is 0.262 e. The molecule has 2 atom stereocenters. The van der Waals surface area contributed by atoms with Crippen molar-refractivity contribution in [2.75, 3.05) is 22.9 Å². The standard InChI is InChI=1S/C72H112N2O4S/c1-7-11-15-19-23-27-29-33-37-41-45-59(43-39-35-31-25-21-17-13-9-3)55-73-63-54-62-64(53-61(63)69(71(73)75)66-49-47-57(5)77-66)74(72(76)70(62)67-51-50-65(78-67)68-52-48-58(6)79-68)56-60(44-40-36-32-26-22-18-14-10-4)46-42-38-34-30-28-24-20-16-12-8-2/h47-54,59-60H,7-46,55-56H2,1-6H3. The zero-order valence-corrected chi connectivity index (χ0v) is 52.2. The molecule has 5 heterocycles. The van der Waals surface area contributed by atoms with Gasteiger partial charge in [0.05, 0.1) is 27.4 Å².